The average molecular weight is 411 g/mol. The maximum atomic E-state index is 13.2. The second-order valence-corrected chi connectivity index (χ2v) is 8.40. The van der Waals surface area contributed by atoms with Crippen LogP contribution in [0, 0.1) is 5.92 Å². The minimum absolute atomic E-state index is 0.00327. The highest BCUT2D eigenvalue weighted by Crippen LogP contribution is 2.35. The van der Waals surface area contributed by atoms with Gasteiger partial charge < -0.3 is 19.9 Å². The smallest absolute Gasteiger partial charge is 0.255 e. The molecule has 4 rings (SSSR count). The van der Waals surface area contributed by atoms with Crippen LogP contribution in [0.4, 0.5) is 0 Å². The van der Waals surface area contributed by atoms with Crippen LogP contribution >= 0.6 is 0 Å². The van der Waals surface area contributed by atoms with Gasteiger partial charge in [0.25, 0.3) is 5.56 Å². The van der Waals surface area contributed by atoms with Crippen molar-refractivity contribution >= 4 is 5.91 Å². The second-order valence-electron chi connectivity index (χ2n) is 8.40. The number of hydrogen-bond acceptors (Lipinski definition) is 5. The second kappa shape index (κ2) is 9.02. The van der Waals surface area contributed by atoms with E-state index in [1.54, 1.807) is 0 Å². The average Bonchev–Trinajstić information content (AvgIpc) is 2.76. The summed E-state index contributed by atoms with van der Waals surface area (Å²) in [5.41, 5.74) is 7.49. The van der Waals surface area contributed by atoms with Gasteiger partial charge in [-0.1, -0.05) is 24.3 Å². The Bertz CT molecular complexity index is 943. The molecule has 2 atom stereocenters. The molecule has 2 aromatic rings. The molecule has 0 spiro atoms. The van der Waals surface area contributed by atoms with Gasteiger partial charge in [-0.3, -0.25) is 14.5 Å². The van der Waals surface area contributed by atoms with Gasteiger partial charge in [-0.05, 0) is 37.6 Å². The molecule has 2 aliphatic rings. The Morgan fingerprint density at radius 1 is 1.17 bits per heavy atom. The van der Waals surface area contributed by atoms with Gasteiger partial charge >= 0.3 is 0 Å². The lowest BCUT2D eigenvalue weighted by molar-refractivity contribution is -0.132. The third-order valence-corrected chi connectivity index (χ3v) is 6.14. The minimum Gasteiger partial charge on any atom is -0.492 e. The normalized spacial score (nSPS) is 20.2. The quantitative estimate of drug-likeness (QED) is 0.743. The first-order valence-corrected chi connectivity index (χ1v) is 10.6. The predicted octanol–water partition coefficient (Wildman–Crippen LogP) is 1.26. The molecule has 0 saturated carbocycles. The number of nitrogens with two attached hydrogens (primary N) is 1. The molecule has 1 saturated heterocycles. The van der Waals surface area contributed by atoms with E-state index in [4.69, 9.17) is 10.5 Å². The Hall–Kier alpha value is -2.64. The number of para-hydroxylation sites is 1. The van der Waals surface area contributed by atoms with Gasteiger partial charge in [0.1, 0.15) is 12.4 Å². The summed E-state index contributed by atoms with van der Waals surface area (Å²) in [5.74, 6) is 1.38. The van der Waals surface area contributed by atoms with Gasteiger partial charge in [0.05, 0.1) is 6.54 Å². The van der Waals surface area contributed by atoms with E-state index >= 15 is 0 Å². The van der Waals surface area contributed by atoms with Crippen LogP contribution in [-0.2, 0) is 17.9 Å². The monoisotopic (exact) mass is 410 g/mol. The van der Waals surface area contributed by atoms with Crippen molar-refractivity contribution in [1.29, 1.82) is 0 Å². The largest absolute Gasteiger partial charge is 0.492 e. The van der Waals surface area contributed by atoms with Crippen LogP contribution in [0.1, 0.15) is 23.6 Å². The fourth-order valence-corrected chi connectivity index (χ4v) is 4.65. The highest BCUT2D eigenvalue weighted by Gasteiger charge is 2.36. The summed E-state index contributed by atoms with van der Waals surface area (Å²) in [5, 5.41) is 0. The number of rotatable bonds is 7. The molecule has 2 bridgehead atoms. The lowest BCUT2D eigenvalue weighted by Crippen LogP contribution is -2.50. The van der Waals surface area contributed by atoms with Gasteiger partial charge in [-0.2, -0.15) is 0 Å². The number of carbonyl (C=O) groups excluding carboxylic acids is 1. The fraction of sp³-hybridized carbons (Fsp3) is 0.478. The third kappa shape index (κ3) is 4.42. The van der Waals surface area contributed by atoms with Gasteiger partial charge in [0, 0.05) is 49.9 Å². The van der Waals surface area contributed by atoms with E-state index in [9.17, 15) is 9.59 Å². The van der Waals surface area contributed by atoms with Crippen molar-refractivity contribution in [2.45, 2.75) is 25.4 Å². The highest BCUT2D eigenvalue weighted by molar-refractivity contribution is 5.78. The summed E-state index contributed by atoms with van der Waals surface area (Å²) < 4.78 is 7.70. The van der Waals surface area contributed by atoms with Gasteiger partial charge in [-0.25, -0.2) is 0 Å². The third-order valence-electron chi connectivity index (χ3n) is 6.14. The van der Waals surface area contributed by atoms with Gasteiger partial charge in [-0.15, -0.1) is 0 Å². The SMILES string of the molecule is CN(CCOc1ccccc1)Cc1ccc2n(c1=O)C[C@H]1C[C@@H]2CN(C(=O)CN)C1. The summed E-state index contributed by atoms with van der Waals surface area (Å²) in [6, 6.07) is 13.8. The standard InChI is InChI=1S/C23H30N4O3/c1-25(9-10-30-20-5-3-2-4-6-20)15-18-7-8-21-19-11-17(14-27(21)23(18)29)13-26(16-19)22(28)12-24/h2-8,17,19H,9-16,24H2,1H3/t17-,19+/m0/s1. The van der Waals surface area contributed by atoms with E-state index in [1.807, 2.05) is 52.9 Å². The molecule has 160 valence electrons. The maximum Gasteiger partial charge on any atom is 0.255 e. The summed E-state index contributed by atoms with van der Waals surface area (Å²) >= 11 is 0. The molecular weight excluding hydrogens is 380 g/mol. The van der Waals surface area contributed by atoms with Crippen LogP contribution in [0.15, 0.2) is 47.3 Å². The first-order valence-electron chi connectivity index (χ1n) is 10.6. The zero-order chi connectivity index (χ0) is 21.1. The lowest BCUT2D eigenvalue weighted by atomic mass is 9.83. The van der Waals surface area contributed by atoms with E-state index in [2.05, 4.69) is 11.0 Å². The van der Waals surface area contributed by atoms with Crippen molar-refractivity contribution in [3.8, 4) is 5.75 Å². The van der Waals surface area contributed by atoms with Crippen LogP contribution in [0.25, 0.3) is 0 Å². The highest BCUT2D eigenvalue weighted by atomic mass is 16.5. The number of piperidine rings is 1. The molecular formula is C23H30N4O3. The van der Waals surface area contributed by atoms with E-state index in [1.165, 1.54) is 0 Å². The van der Waals surface area contributed by atoms with Crippen LogP contribution in [0.5, 0.6) is 5.75 Å². The van der Waals surface area contributed by atoms with Gasteiger partial charge in [0.15, 0.2) is 0 Å². The Kier molecular flexibility index (Phi) is 6.20. The maximum absolute atomic E-state index is 13.2. The van der Waals surface area contributed by atoms with Crippen molar-refractivity contribution in [3.05, 3.63) is 64.1 Å². The summed E-state index contributed by atoms with van der Waals surface area (Å²) in [4.78, 5) is 29.2. The molecule has 7 heteroatoms. The summed E-state index contributed by atoms with van der Waals surface area (Å²) in [6.07, 6.45) is 1.03. The Morgan fingerprint density at radius 2 is 1.97 bits per heavy atom. The molecule has 0 unspecified atom stereocenters. The first kappa shape index (κ1) is 20.6. The Labute approximate surface area is 177 Å². The van der Waals surface area contributed by atoms with Crippen molar-refractivity contribution in [2.24, 2.45) is 11.7 Å². The number of aromatic nitrogens is 1. The molecule has 3 heterocycles. The van der Waals surface area contributed by atoms with Crippen molar-refractivity contribution in [3.63, 3.8) is 0 Å². The van der Waals surface area contributed by atoms with E-state index in [0.29, 0.717) is 38.7 Å². The summed E-state index contributed by atoms with van der Waals surface area (Å²) in [6.45, 7) is 3.96. The number of amides is 1. The van der Waals surface area contributed by atoms with E-state index < -0.39 is 0 Å². The van der Waals surface area contributed by atoms with Crippen LogP contribution in [0.3, 0.4) is 0 Å². The molecule has 7 nitrogen and oxygen atoms in total. The number of fused-ring (bicyclic) bond motifs is 4. The zero-order valence-corrected chi connectivity index (χ0v) is 17.5. The molecule has 1 fully saturated rings. The van der Waals surface area contributed by atoms with Crippen LogP contribution in [-0.4, -0.2) is 60.1 Å². The van der Waals surface area contributed by atoms with Crippen molar-refractivity contribution in [1.82, 2.24) is 14.4 Å². The number of ether oxygens (including phenoxy) is 1. The van der Waals surface area contributed by atoms with Crippen molar-refractivity contribution in [2.75, 3.05) is 39.8 Å². The van der Waals surface area contributed by atoms with Crippen molar-refractivity contribution < 1.29 is 9.53 Å². The number of carbonyl (C=O) groups is 1. The molecule has 2 aliphatic heterocycles. The number of likely N-dealkylation sites (tertiary alicyclic amines) is 1. The minimum atomic E-state index is -0.00327. The number of pyridine rings is 1. The zero-order valence-electron chi connectivity index (χ0n) is 17.5. The van der Waals surface area contributed by atoms with Crippen LogP contribution < -0.4 is 16.0 Å². The molecule has 30 heavy (non-hydrogen) atoms. The first-order chi connectivity index (χ1) is 14.5. The predicted molar refractivity (Wildman–Crippen MR) is 115 cm³/mol. The topological polar surface area (TPSA) is 80.8 Å². The molecule has 0 radical (unpaired) electrons. The Balaban J connectivity index is 1.40. The number of likely N-dealkylation sites (N-methyl/N-ethyl adjacent to an activating group) is 1. The fourth-order valence-electron chi connectivity index (χ4n) is 4.65. The number of hydrogen-bond donors (Lipinski definition) is 1. The number of benzene rings is 1. The lowest BCUT2D eigenvalue weighted by Gasteiger charge is -2.42. The number of nitrogens with zero attached hydrogens (tertiary/aromatic N) is 3. The molecule has 2 N–H and O–H groups in total. The Morgan fingerprint density at radius 3 is 2.73 bits per heavy atom. The molecule has 1 aromatic carbocycles. The van der Waals surface area contributed by atoms with E-state index in [-0.39, 0.29) is 23.9 Å². The van der Waals surface area contributed by atoms with Gasteiger partial charge in [0.2, 0.25) is 5.91 Å². The molecule has 1 amide bonds. The molecule has 0 aliphatic carbocycles. The van der Waals surface area contributed by atoms with E-state index in [0.717, 1.165) is 30.0 Å². The van der Waals surface area contributed by atoms with Crippen LogP contribution in [0.2, 0.25) is 0 Å². The molecule has 1 aromatic heterocycles. The summed E-state index contributed by atoms with van der Waals surface area (Å²) in [7, 11) is 2.00.